The molecule has 9 heteroatoms. The third-order valence-corrected chi connectivity index (χ3v) is 3.21. The van der Waals surface area contributed by atoms with Crippen molar-refractivity contribution < 1.29 is 27.8 Å². The van der Waals surface area contributed by atoms with Crippen LogP contribution in [0.4, 0.5) is 13.2 Å². The molecule has 0 amide bonds. The highest BCUT2D eigenvalue weighted by Crippen LogP contribution is 2.32. The highest BCUT2D eigenvalue weighted by atomic mass is 35.5. The van der Waals surface area contributed by atoms with Crippen LogP contribution in [0.5, 0.6) is 5.75 Å². The third kappa shape index (κ3) is 4.91. The quantitative estimate of drug-likeness (QED) is 0.890. The van der Waals surface area contributed by atoms with Gasteiger partial charge in [0.05, 0.1) is 17.6 Å². The number of aromatic nitrogens is 1. The van der Waals surface area contributed by atoms with Gasteiger partial charge in [0.1, 0.15) is 10.6 Å². The summed E-state index contributed by atoms with van der Waals surface area (Å²) in [6.45, 7) is 0. The Morgan fingerprint density at radius 3 is 2.38 bits per heavy atom. The Morgan fingerprint density at radius 1 is 1.38 bits per heavy atom. The molecule has 0 radical (unpaired) electrons. The maximum atomic E-state index is 11.9. The highest BCUT2D eigenvalue weighted by Gasteiger charge is 2.38. The van der Waals surface area contributed by atoms with Crippen LogP contribution in [0.1, 0.15) is 15.4 Å². The molecule has 2 rings (SSSR count). The first kappa shape index (κ1) is 17.3. The molecule has 1 heterocycles. The second kappa shape index (κ2) is 7.28. The van der Waals surface area contributed by atoms with E-state index in [1.165, 1.54) is 0 Å². The van der Waals surface area contributed by atoms with Crippen molar-refractivity contribution in [3.8, 4) is 5.75 Å². The molecule has 0 saturated carbocycles. The Labute approximate surface area is 126 Å². The Bertz CT molecular complexity index is 616. The number of carboxylic acid groups (broad SMARTS) is 1. The minimum Gasteiger partial charge on any atom is -0.495 e. The molecule has 0 unspecified atom stereocenters. The van der Waals surface area contributed by atoms with E-state index in [0.717, 1.165) is 11.3 Å². The van der Waals surface area contributed by atoms with Gasteiger partial charge in [-0.3, -0.25) is 0 Å². The zero-order valence-electron chi connectivity index (χ0n) is 10.5. The second-order valence-electron chi connectivity index (χ2n) is 3.47. The molecule has 21 heavy (non-hydrogen) atoms. The number of carboxylic acids is 1. The van der Waals surface area contributed by atoms with Crippen molar-refractivity contribution in [2.24, 2.45) is 0 Å². The minimum absolute atomic E-state index is 0.454. The fourth-order valence-electron chi connectivity index (χ4n) is 1.21. The molecule has 0 atom stereocenters. The third-order valence-electron chi connectivity index (χ3n) is 2.09. The maximum absolute atomic E-state index is 11.9. The van der Waals surface area contributed by atoms with Crippen LogP contribution in [-0.2, 0) is 6.18 Å². The predicted octanol–water partition coefficient (Wildman–Crippen LogP) is 4.21. The number of hydrogen-bond donors (Lipinski definition) is 1. The first-order chi connectivity index (χ1) is 9.77. The monoisotopic (exact) mass is 339 g/mol. The SMILES string of the molecule is COc1ccccc1Cl.O=C(O)c1scnc1C(F)(F)F. The summed E-state index contributed by atoms with van der Waals surface area (Å²) in [6.07, 6.45) is -4.69. The fraction of sp³-hybridized carbons (Fsp3) is 0.167. The van der Waals surface area contributed by atoms with Crippen molar-refractivity contribution in [1.82, 2.24) is 4.98 Å². The van der Waals surface area contributed by atoms with Crippen LogP contribution in [-0.4, -0.2) is 23.2 Å². The Balaban J connectivity index is 0.000000219. The lowest BCUT2D eigenvalue weighted by molar-refractivity contribution is -0.141. The van der Waals surface area contributed by atoms with E-state index in [1.807, 2.05) is 18.2 Å². The molecule has 1 aromatic carbocycles. The number of methoxy groups -OCH3 is 1. The maximum Gasteiger partial charge on any atom is 0.435 e. The standard InChI is InChI=1S/C7H7ClO.C5H2F3NO2S/c1-9-7-5-3-2-4-6(7)8;6-5(7,8)3-2(4(10)11)12-1-9-3/h2-5H,1H3;1H,(H,10,11). The lowest BCUT2D eigenvalue weighted by Crippen LogP contribution is -2.11. The fourth-order valence-corrected chi connectivity index (χ4v) is 2.07. The van der Waals surface area contributed by atoms with Crippen molar-refractivity contribution in [2.45, 2.75) is 6.18 Å². The molecule has 0 aliphatic rings. The van der Waals surface area contributed by atoms with Crippen LogP contribution >= 0.6 is 22.9 Å². The van der Waals surface area contributed by atoms with Gasteiger partial charge in [-0.05, 0) is 12.1 Å². The smallest absolute Gasteiger partial charge is 0.435 e. The van der Waals surface area contributed by atoms with Gasteiger partial charge < -0.3 is 9.84 Å². The van der Waals surface area contributed by atoms with Gasteiger partial charge >= 0.3 is 12.1 Å². The molecule has 1 aromatic heterocycles. The summed E-state index contributed by atoms with van der Waals surface area (Å²) >= 11 is 6.15. The van der Waals surface area contributed by atoms with Gasteiger partial charge in [0.2, 0.25) is 0 Å². The molecule has 0 saturated heterocycles. The van der Waals surface area contributed by atoms with Crippen LogP contribution in [0.3, 0.4) is 0 Å². The Hall–Kier alpha value is -1.80. The average Bonchev–Trinajstić information content (AvgIpc) is 2.89. The van der Waals surface area contributed by atoms with E-state index < -0.39 is 22.7 Å². The lowest BCUT2D eigenvalue weighted by Gasteiger charge is -2.02. The summed E-state index contributed by atoms with van der Waals surface area (Å²) in [6, 6.07) is 7.36. The Kier molecular flexibility index (Phi) is 5.98. The summed E-state index contributed by atoms with van der Waals surface area (Å²) in [5.74, 6) is -0.885. The molecule has 0 fully saturated rings. The van der Waals surface area contributed by atoms with Crippen LogP contribution < -0.4 is 4.74 Å². The van der Waals surface area contributed by atoms with Gasteiger partial charge in [0.25, 0.3) is 0 Å². The first-order valence-corrected chi connectivity index (χ1v) is 6.55. The number of halogens is 4. The number of benzene rings is 1. The number of hydrogen-bond acceptors (Lipinski definition) is 4. The van der Waals surface area contributed by atoms with Crippen molar-refractivity contribution >= 4 is 28.9 Å². The molecule has 0 aliphatic carbocycles. The number of thiazole rings is 1. The molecular weight excluding hydrogens is 331 g/mol. The topological polar surface area (TPSA) is 59.4 Å². The van der Waals surface area contributed by atoms with E-state index in [9.17, 15) is 18.0 Å². The van der Waals surface area contributed by atoms with Crippen LogP contribution in [0.2, 0.25) is 5.02 Å². The van der Waals surface area contributed by atoms with E-state index in [2.05, 4.69) is 4.98 Å². The number of alkyl halides is 3. The predicted molar refractivity (Wildman–Crippen MR) is 72.1 cm³/mol. The van der Waals surface area contributed by atoms with Gasteiger partial charge in [-0.1, -0.05) is 23.7 Å². The summed E-state index contributed by atoms with van der Waals surface area (Å²) in [5, 5.41) is 8.94. The number of rotatable bonds is 2. The van der Waals surface area contributed by atoms with E-state index in [0.29, 0.717) is 16.4 Å². The number of carbonyl (C=O) groups is 1. The van der Waals surface area contributed by atoms with E-state index in [-0.39, 0.29) is 0 Å². The minimum atomic E-state index is -4.69. The molecule has 1 N–H and O–H groups in total. The highest BCUT2D eigenvalue weighted by molar-refractivity contribution is 7.11. The number of para-hydroxylation sites is 1. The lowest BCUT2D eigenvalue weighted by atomic mass is 10.3. The average molecular weight is 340 g/mol. The summed E-state index contributed by atoms with van der Waals surface area (Å²) < 4.78 is 40.7. The normalized spacial score (nSPS) is 10.5. The molecule has 0 spiro atoms. The van der Waals surface area contributed by atoms with E-state index in [1.54, 1.807) is 13.2 Å². The summed E-state index contributed by atoms with van der Waals surface area (Å²) in [5.41, 5.74) is -0.480. The van der Waals surface area contributed by atoms with Crippen molar-refractivity contribution in [3.05, 3.63) is 45.4 Å². The molecule has 4 nitrogen and oxygen atoms in total. The molecule has 114 valence electrons. The zero-order chi connectivity index (χ0) is 16.0. The van der Waals surface area contributed by atoms with Crippen LogP contribution in [0.15, 0.2) is 29.8 Å². The van der Waals surface area contributed by atoms with Gasteiger partial charge in [0.15, 0.2) is 5.69 Å². The van der Waals surface area contributed by atoms with Crippen LogP contribution in [0, 0.1) is 0 Å². The largest absolute Gasteiger partial charge is 0.495 e. The van der Waals surface area contributed by atoms with Crippen LogP contribution in [0.25, 0.3) is 0 Å². The van der Waals surface area contributed by atoms with Gasteiger partial charge in [0, 0.05) is 0 Å². The molecule has 0 aliphatic heterocycles. The number of ether oxygens (including phenoxy) is 1. The van der Waals surface area contributed by atoms with Gasteiger partial charge in [-0.2, -0.15) is 13.2 Å². The Morgan fingerprint density at radius 2 is 2.00 bits per heavy atom. The zero-order valence-corrected chi connectivity index (χ0v) is 12.1. The van der Waals surface area contributed by atoms with Gasteiger partial charge in [-0.15, -0.1) is 11.3 Å². The number of nitrogens with zero attached hydrogens (tertiary/aromatic N) is 1. The van der Waals surface area contributed by atoms with Crippen molar-refractivity contribution in [3.63, 3.8) is 0 Å². The van der Waals surface area contributed by atoms with E-state index in [4.69, 9.17) is 21.4 Å². The molecule has 2 aromatic rings. The summed E-state index contributed by atoms with van der Waals surface area (Å²) in [7, 11) is 1.60. The first-order valence-electron chi connectivity index (χ1n) is 5.30. The van der Waals surface area contributed by atoms with Crippen molar-refractivity contribution in [1.29, 1.82) is 0 Å². The summed E-state index contributed by atoms with van der Waals surface area (Å²) in [4.78, 5) is 12.3. The second-order valence-corrected chi connectivity index (χ2v) is 4.73. The van der Waals surface area contributed by atoms with E-state index >= 15 is 0 Å². The van der Waals surface area contributed by atoms with Gasteiger partial charge in [-0.25, -0.2) is 9.78 Å². The molecular formula is C12H9ClF3NO3S. The molecule has 0 bridgehead atoms. The number of aromatic carboxylic acids is 1. The van der Waals surface area contributed by atoms with Crippen molar-refractivity contribution in [2.75, 3.05) is 7.11 Å².